The molecule has 0 radical (unpaired) electrons. The van der Waals surface area contributed by atoms with Gasteiger partial charge in [0, 0.05) is 28.1 Å². The van der Waals surface area contributed by atoms with E-state index in [0.717, 1.165) is 36.1 Å². The molecule has 2 heterocycles. The average molecular weight is 373 g/mol. The molecular formula is C21H28N2O2S. The molecule has 0 atom stereocenters. The SMILES string of the molecule is C/C=C(/CCCC)c1scc(C(=O)NCc2c(C)cc(C)[nH]c2=O)c1C. The van der Waals surface area contributed by atoms with Gasteiger partial charge in [-0.25, -0.2) is 0 Å². The van der Waals surface area contributed by atoms with Gasteiger partial charge in [-0.05, 0) is 63.3 Å². The molecule has 26 heavy (non-hydrogen) atoms. The van der Waals surface area contributed by atoms with Crippen LogP contribution in [0.5, 0.6) is 0 Å². The largest absolute Gasteiger partial charge is 0.348 e. The van der Waals surface area contributed by atoms with E-state index in [9.17, 15) is 9.59 Å². The smallest absolute Gasteiger partial charge is 0.253 e. The maximum Gasteiger partial charge on any atom is 0.253 e. The normalized spacial score (nSPS) is 11.7. The molecule has 140 valence electrons. The van der Waals surface area contributed by atoms with Crippen LogP contribution in [0.15, 0.2) is 22.3 Å². The van der Waals surface area contributed by atoms with Crippen molar-refractivity contribution in [2.24, 2.45) is 0 Å². The van der Waals surface area contributed by atoms with E-state index in [4.69, 9.17) is 0 Å². The molecule has 2 aromatic heterocycles. The number of carbonyl (C=O) groups is 1. The van der Waals surface area contributed by atoms with E-state index in [1.807, 2.05) is 32.2 Å². The molecule has 2 N–H and O–H groups in total. The third-order valence-corrected chi connectivity index (χ3v) is 5.80. The maximum absolute atomic E-state index is 12.6. The summed E-state index contributed by atoms with van der Waals surface area (Å²) < 4.78 is 0. The number of thiophene rings is 1. The Bertz CT molecular complexity index is 875. The summed E-state index contributed by atoms with van der Waals surface area (Å²) in [4.78, 5) is 28.7. The Hall–Kier alpha value is -2.14. The van der Waals surface area contributed by atoms with Gasteiger partial charge in [0.15, 0.2) is 0 Å². The third-order valence-electron chi connectivity index (χ3n) is 4.64. The lowest BCUT2D eigenvalue weighted by atomic mass is 10.0. The number of aromatic amines is 1. The first-order valence-electron chi connectivity index (χ1n) is 9.10. The summed E-state index contributed by atoms with van der Waals surface area (Å²) in [7, 11) is 0. The van der Waals surface area contributed by atoms with E-state index < -0.39 is 0 Å². The fourth-order valence-corrected chi connectivity index (χ4v) is 4.26. The molecule has 5 heteroatoms. The van der Waals surface area contributed by atoms with Gasteiger partial charge in [-0.15, -0.1) is 11.3 Å². The number of unbranched alkanes of at least 4 members (excludes halogenated alkanes) is 1. The first kappa shape index (κ1) is 20.2. The van der Waals surface area contributed by atoms with Crippen LogP contribution in [0.3, 0.4) is 0 Å². The standard InChI is InChI=1S/C21H28N2O2S/c1-6-8-9-16(7-2)19-15(5)18(12-26-19)20(24)22-11-17-13(3)10-14(4)23-21(17)25/h7,10,12H,6,8-9,11H2,1-5H3,(H,22,24)(H,23,25)/b16-7-. The van der Waals surface area contributed by atoms with Gasteiger partial charge in [0.1, 0.15) is 0 Å². The Morgan fingerprint density at radius 3 is 2.65 bits per heavy atom. The van der Waals surface area contributed by atoms with Crippen molar-refractivity contribution < 1.29 is 4.79 Å². The molecule has 0 aliphatic rings. The second-order valence-electron chi connectivity index (χ2n) is 6.65. The topological polar surface area (TPSA) is 62.0 Å². The molecular weight excluding hydrogens is 344 g/mol. The summed E-state index contributed by atoms with van der Waals surface area (Å²) in [6.45, 7) is 10.2. The number of nitrogens with one attached hydrogen (secondary N) is 2. The van der Waals surface area contributed by atoms with Crippen LogP contribution in [0.2, 0.25) is 0 Å². The van der Waals surface area contributed by atoms with Crippen LogP contribution in [-0.2, 0) is 6.54 Å². The Morgan fingerprint density at radius 1 is 1.31 bits per heavy atom. The zero-order valence-electron chi connectivity index (χ0n) is 16.3. The zero-order chi connectivity index (χ0) is 19.3. The molecule has 0 unspecified atom stereocenters. The van der Waals surface area contributed by atoms with E-state index in [1.165, 1.54) is 10.5 Å². The van der Waals surface area contributed by atoms with E-state index >= 15 is 0 Å². The number of pyridine rings is 1. The van der Waals surface area contributed by atoms with E-state index in [0.29, 0.717) is 11.1 Å². The van der Waals surface area contributed by atoms with Gasteiger partial charge in [0.2, 0.25) is 0 Å². The Kier molecular flexibility index (Phi) is 6.98. The number of hydrogen-bond donors (Lipinski definition) is 2. The van der Waals surface area contributed by atoms with Crippen LogP contribution >= 0.6 is 11.3 Å². The Morgan fingerprint density at radius 2 is 2.04 bits per heavy atom. The second-order valence-corrected chi connectivity index (χ2v) is 7.53. The van der Waals surface area contributed by atoms with Crippen molar-refractivity contribution in [1.82, 2.24) is 10.3 Å². The van der Waals surface area contributed by atoms with Crippen molar-refractivity contribution in [2.45, 2.75) is 60.4 Å². The number of carbonyl (C=O) groups excluding carboxylic acids is 1. The minimum absolute atomic E-state index is 0.129. The number of aromatic nitrogens is 1. The van der Waals surface area contributed by atoms with Crippen LogP contribution < -0.4 is 10.9 Å². The highest BCUT2D eigenvalue weighted by molar-refractivity contribution is 7.11. The zero-order valence-corrected chi connectivity index (χ0v) is 17.1. The predicted octanol–water partition coefficient (Wildman–Crippen LogP) is 4.89. The molecule has 2 rings (SSSR count). The lowest BCUT2D eigenvalue weighted by Gasteiger charge is -2.09. The van der Waals surface area contributed by atoms with Gasteiger partial charge in [0.05, 0.1) is 5.56 Å². The second kappa shape index (κ2) is 8.99. The fraction of sp³-hybridized carbons (Fsp3) is 0.429. The van der Waals surface area contributed by atoms with Gasteiger partial charge in [-0.3, -0.25) is 9.59 Å². The van der Waals surface area contributed by atoms with Crippen molar-refractivity contribution >= 4 is 22.8 Å². The summed E-state index contributed by atoms with van der Waals surface area (Å²) in [6.07, 6.45) is 5.48. The Balaban J connectivity index is 2.15. The molecule has 0 fully saturated rings. The number of amides is 1. The minimum atomic E-state index is -0.138. The van der Waals surface area contributed by atoms with Crippen molar-refractivity contribution in [3.63, 3.8) is 0 Å². The summed E-state index contributed by atoms with van der Waals surface area (Å²) in [5.41, 5.74) is 5.21. The molecule has 0 saturated heterocycles. The summed E-state index contributed by atoms with van der Waals surface area (Å²) >= 11 is 1.62. The van der Waals surface area contributed by atoms with Gasteiger partial charge in [0.25, 0.3) is 11.5 Å². The number of rotatable bonds is 7. The lowest BCUT2D eigenvalue weighted by molar-refractivity contribution is 0.0950. The first-order chi connectivity index (χ1) is 12.4. The molecule has 0 aliphatic carbocycles. The van der Waals surface area contributed by atoms with Crippen molar-refractivity contribution in [2.75, 3.05) is 0 Å². The summed E-state index contributed by atoms with van der Waals surface area (Å²) in [5, 5.41) is 4.82. The van der Waals surface area contributed by atoms with Crippen LogP contribution in [0.4, 0.5) is 0 Å². The van der Waals surface area contributed by atoms with Crippen LogP contribution in [-0.4, -0.2) is 10.9 Å². The number of aryl methyl sites for hydroxylation is 2. The van der Waals surface area contributed by atoms with Crippen molar-refractivity contribution in [3.8, 4) is 0 Å². The predicted molar refractivity (Wildman–Crippen MR) is 110 cm³/mol. The van der Waals surface area contributed by atoms with Gasteiger partial charge < -0.3 is 10.3 Å². The average Bonchev–Trinajstić information content (AvgIpc) is 2.96. The van der Waals surface area contributed by atoms with Gasteiger partial charge in [-0.1, -0.05) is 19.4 Å². The maximum atomic E-state index is 12.6. The van der Waals surface area contributed by atoms with E-state index in [1.54, 1.807) is 11.3 Å². The fourth-order valence-electron chi connectivity index (χ4n) is 3.08. The Labute approximate surface area is 159 Å². The molecule has 1 amide bonds. The number of H-pyrrole nitrogens is 1. The van der Waals surface area contributed by atoms with Crippen LogP contribution in [0.1, 0.15) is 70.7 Å². The highest BCUT2D eigenvalue weighted by Gasteiger charge is 2.17. The molecule has 0 aromatic carbocycles. The van der Waals surface area contributed by atoms with E-state index in [2.05, 4.69) is 30.2 Å². The molecule has 0 spiro atoms. The van der Waals surface area contributed by atoms with Crippen molar-refractivity contribution in [1.29, 1.82) is 0 Å². The number of allylic oxidation sites excluding steroid dienone is 2. The van der Waals surface area contributed by atoms with Crippen molar-refractivity contribution in [3.05, 3.63) is 60.7 Å². The molecule has 0 saturated carbocycles. The van der Waals surface area contributed by atoms with Gasteiger partial charge >= 0.3 is 0 Å². The van der Waals surface area contributed by atoms with Crippen LogP contribution in [0, 0.1) is 20.8 Å². The number of hydrogen-bond acceptors (Lipinski definition) is 3. The van der Waals surface area contributed by atoms with E-state index in [-0.39, 0.29) is 18.0 Å². The first-order valence-corrected chi connectivity index (χ1v) is 9.98. The molecule has 2 aromatic rings. The molecule has 0 bridgehead atoms. The highest BCUT2D eigenvalue weighted by atomic mass is 32.1. The van der Waals surface area contributed by atoms with Crippen LogP contribution in [0.25, 0.3) is 5.57 Å². The summed E-state index contributed by atoms with van der Waals surface area (Å²) in [6, 6.07) is 1.92. The molecule has 0 aliphatic heterocycles. The monoisotopic (exact) mass is 372 g/mol. The van der Waals surface area contributed by atoms with Gasteiger partial charge in [-0.2, -0.15) is 0 Å². The minimum Gasteiger partial charge on any atom is -0.348 e. The quantitative estimate of drug-likeness (QED) is 0.727. The highest BCUT2D eigenvalue weighted by Crippen LogP contribution is 2.31. The molecule has 4 nitrogen and oxygen atoms in total. The summed E-state index contributed by atoms with van der Waals surface area (Å²) in [5.74, 6) is -0.129. The third kappa shape index (κ3) is 4.52. The lowest BCUT2D eigenvalue weighted by Crippen LogP contribution is -2.28.